The van der Waals surface area contributed by atoms with Crippen molar-refractivity contribution >= 4 is 12.7 Å². The van der Waals surface area contributed by atoms with E-state index < -0.39 is 0 Å². The Balaban J connectivity index is 2.56. The standard InChI is InChI=1S/C14H12/c1-12-7-5-6-10-14(12)11-13-8-3-2-4-9-13/h2-11H,1H2/b14-11+. The minimum atomic E-state index is 1.07. The van der Waals surface area contributed by atoms with E-state index in [0.29, 0.717) is 0 Å². The highest BCUT2D eigenvalue weighted by atomic mass is 13.9. The Morgan fingerprint density at radius 1 is 0.786 bits per heavy atom. The smallest absolute Gasteiger partial charge is 0.0184 e. The summed E-state index contributed by atoms with van der Waals surface area (Å²) in [7, 11) is 0. The fraction of sp³-hybridized carbons (Fsp3) is 0. The Morgan fingerprint density at radius 2 is 1.43 bits per heavy atom. The van der Waals surface area contributed by atoms with Gasteiger partial charge in [0.15, 0.2) is 0 Å². The molecule has 0 saturated carbocycles. The Bertz CT molecular complexity index is 509. The summed E-state index contributed by atoms with van der Waals surface area (Å²) in [4.78, 5) is 0. The molecule has 0 heteroatoms. The van der Waals surface area contributed by atoms with E-state index in [1.54, 1.807) is 0 Å². The van der Waals surface area contributed by atoms with Crippen molar-refractivity contribution in [2.75, 3.05) is 0 Å². The summed E-state index contributed by atoms with van der Waals surface area (Å²) in [5.74, 6) is 0. The third-order valence-electron chi connectivity index (χ3n) is 2.18. The van der Waals surface area contributed by atoms with E-state index in [0.717, 1.165) is 5.22 Å². The van der Waals surface area contributed by atoms with Crippen LogP contribution in [0.25, 0.3) is 12.7 Å². The summed E-state index contributed by atoms with van der Waals surface area (Å²) in [5.41, 5.74) is 1.21. The van der Waals surface area contributed by atoms with Gasteiger partial charge in [-0.1, -0.05) is 61.2 Å². The summed E-state index contributed by atoms with van der Waals surface area (Å²) >= 11 is 0. The van der Waals surface area contributed by atoms with Gasteiger partial charge >= 0.3 is 0 Å². The van der Waals surface area contributed by atoms with E-state index in [9.17, 15) is 0 Å². The molecule has 0 aliphatic heterocycles. The minimum absolute atomic E-state index is 1.07. The van der Waals surface area contributed by atoms with Crippen molar-refractivity contribution in [3.8, 4) is 0 Å². The Kier molecular flexibility index (Phi) is 2.46. The monoisotopic (exact) mass is 180 g/mol. The molecule has 0 saturated heterocycles. The second-order valence-electron chi connectivity index (χ2n) is 3.25. The Morgan fingerprint density at radius 3 is 2.14 bits per heavy atom. The first-order chi connectivity index (χ1) is 6.86. The predicted octanol–water partition coefficient (Wildman–Crippen LogP) is 1.93. The van der Waals surface area contributed by atoms with Crippen molar-refractivity contribution in [2.45, 2.75) is 0 Å². The molecule has 0 N–H and O–H groups in total. The Labute approximate surface area is 83.8 Å². The molecule has 0 fully saturated rings. The van der Waals surface area contributed by atoms with Crippen LogP contribution >= 0.6 is 0 Å². The van der Waals surface area contributed by atoms with Crippen molar-refractivity contribution in [2.24, 2.45) is 0 Å². The molecule has 0 heterocycles. The molecule has 2 aromatic rings. The van der Waals surface area contributed by atoms with Crippen LogP contribution in [0.1, 0.15) is 5.56 Å². The van der Waals surface area contributed by atoms with Crippen LogP contribution in [0.3, 0.4) is 0 Å². The molecular formula is C14H12. The zero-order chi connectivity index (χ0) is 9.80. The van der Waals surface area contributed by atoms with Crippen LogP contribution in [0.4, 0.5) is 0 Å². The van der Waals surface area contributed by atoms with Gasteiger partial charge in [0.2, 0.25) is 0 Å². The normalized spacial score (nSPS) is 11.6. The average molecular weight is 180 g/mol. The molecule has 0 bridgehead atoms. The second kappa shape index (κ2) is 3.93. The number of hydrogen-bond acceptors (Lipinski definition) is 0. The lowest BCUT2D eigenvalue weighted by Gasteiger charge is -1.91. The quantitative estimate of drug-likeness (QED) is 0.629. The number of rotatable bonds is 1. The summed E-state index contributed by atoms with van der Waals surface area (Å²) < 4.78 is 0. The van der Waals surface area contributed by atoms with Crippen molar-refractivity contribution in [1.29, 1.82) is 0 Å². The van der Waals surface area contributed by atoms with Gasteiger partial charge in [0.1, 0.15) is 0 Å². The van der Waals surface area contributed by atoms with E-state index in [1.807, 2.05) is 36.4 Å². The fourth-order valence-corrected chi connectivity index (χ4v) is 1.40. The topological polar surface area (TPSA) is 0 Å². The first kappa shape index (κ1) is 8.76. The molecule has 0 aromatic heterocycles. The van der Waals surface area contributed by atoms with E-state index in [2.05, 4.69) is 30.9 Å². The van der Waals surface area contributed by atoms with Gasteiger partial charge in [0, 0.05) is 0 Å². The lowest BCUT2D eigenvalue weighted by atomic mass is 10.1. The van der Waals surface area contributed by atoms with Crippen LogP contribution in [0.5, 0.6) is 0 Å². The molecule has 0 radical (unpaired) electrons. The molecule has 0 spiro atoms. The highest BCUT2D eigenvalue weighted by molar-refractivity contribution is 5.49. The maximum absolute atomic E-state index is 3.99. The number of benzene rings is 2. The first-order valence-electron chi connectivity index (χ1n) is 4.67. The highest BCUT2D eigenvalue weighted by Crippen LogP contribution is 1.97. The Hall–Kier alpha value is -1.82. The summed E-state index contributed by atoms with van der Waals surface area (Å²) in [5, 5.41) is 2.25. The van der Waals surface area contributed by atoms with Crippen molar-refractivity contribution in [3.05, 3.63) is 70.6 Å². The van der Waals surface area contributed by atoms with Gasteiger partial charge in [0.25, 0.3) is 0 Å². The molecule has 0 unspecified atom stereocenters. The highest BCUT2D eigenvalue weighted by Gasteiger charge is 1.84. The van der Waals surface area contributed by atoms with Crippen LogP contribution in [-0.2, 0) is 0 Å². The van der Waals surface area contributed by atoms with Crippen LogP contribution < -0.4 is 10.4 Å². The molecule has 0 atom stereocenters. The van der Waals surface area contributed by atoms with Crippen molar-refractivity contribution in [3.63, 3.8) is 0 Å². The van der Waals surface area contributed by atoms with Gasteiger partial charge in [-0.25, -0.2) is 0 Å². The van der Waals surface area contributed by atoms with Crippen molar-refractivity contribution < 1.29 is 0 Å². The van der Waals surface area contributed by atoms with E-state index in [1.165, 1.54) is 10.8 Å². The van der Waals surface area contributed by atoms with Crippen LogP contribution in [0.15, 0.2) is 54.6 Å². The van der Waals surface area contributed by atoms with Gasteiger partial charge in [0.05, 0.1) is 0 Å². The third-order valence-corrected chi connectivity index (χ3v) is 2.18. The predicted molar refractivity (Wildman–Crippen MR) is 61.2 cm³/mol. The van der Waals surface area contributed by atoms with Gasteiger partial charge in [-0.15, -0.1) is 0 Å². The maximum atomic E-state index is 3.99. The molecule has 68 valence electrons. The van der Waals surface area contributed by atoms with Gasteiger partial charge in [-0.05, 0) is 22.1 Å². The lowest BCUT2D eigenvalue weighted by molar-refractivity contribution is 1.52. The van der Waals surface area contributed by atoms with Crippen LogP contribution in [-0.4, -0.2) is 0 Å². The fourth-order valence-electron chi connectivity index (χ4n) is 1.40. The maximum Gasteiger partial charge on any atom is -0.0184 e. The average Bonchev–Trinajstić information content (AvgIpc) is 2.23. The third kappa shape index (κ3) is 1.91. The van der Waals surface area contributed by atoms with Gasteiger partial charge in [-0.3, -0.25) is 0 Å². The second-order valence-corrected chi connectivity index (χ2v) is 3.25. The zero-order valence-electron chi connectivity index (χ0n) is 7.98. The molecular weight excluding hydrogens is 168 g/mol. The summed E-state index contributed by atoms with van der Waals surface area (Å²) in [6.45, 7) is 3.99. The largest absolute Gasteiger partial charge is 0.0912 e. The van der Waals surface area contributed by atoms with Gasteiger partial charge in [-0.2, -0.15) is 0 Å². The molecule has 0 aliphatic carbocycles. The lowest BCUT2D eigenvalue weighted by Crippen LogP contribution is -2.21. The minimum Gasteiger partial charge on any atom is -0.0912 e. The molecule has 14 heavy (non-hydrogen) atoms. The van der Waals surface area contributed by atoms with E-state index in [-0.39, 0.29) is 0 Å². The van der Waals surface area contributed by atoms with Gasteiger partial charge < -0.3 is 0 Å². The molecule has 0 nitrogen and oxygen atoms in total. The molecule has 2 rings (SSSR count). The molecule has 0 aliphatic rings. The number of hydrogen-bond donors (Lipinski definition) is 0. The summed E-state index contributed by atoms with van der Waals surface area (Å²) in [6.07, 6.45) is 2.14. The van der Waals surface area contributed by atoms with E-state index in [4.69, 9.17) is 0 Å². The zero-order valence-corrected chi connectivity index (χ0v) is 7.98. The van der Waals surface area contributed by atoms with E-state index >= 15 is 0 Å². The SMILES string of the molecule is C=c1cccc/c1=C\c1ccccc1. The molecule has 0 amide bonds. The first-order valence-corrected chi connectivity index (χ1v) is 4.67. The van der Waals surface area contributed by atoms with Crippen LogP contribution in [0, 0.1) is 0 Å². The van der Waals surface area contributed by atoms with Crippen molar-refractivity contribution in [1.82, 2.24) is 0 Å². The molecule has 2 aromatic carbocycles. The van der Waals surface area contributed by atoms with Crippen LogP contribution in [0.2, 0.25) is 0 Å². The summed E-state index contributed by atoms with van der Waals surface area (Å²) in [6, 6.07) is 18.4.